The maximum Gasteiger partial charge on any atom is 0.251 e. The molecule has 1 amide bonds. The van der Waals surface area contributed by atoms with E-state index in [0.29, 0.717) is 12.2 Å². The highest BCUT2D eigenvalue weighted by atomic mass is 32.2. The molecule has 0 aliphatic carbocycles. The van der Waals surface area contributed by atoms with Gasteiger partial charge in [-0.25, -0.2) is 13.1 Å². The van der Waals surface area contributed by atoms with Gasteiger partial charge in [-0.2, -0.15) is 0 Å². The molecule has 21 heavy (non-hydrogen) atoms. The summed E-state index contributed by atoms with van der Waals surface area (Å²) in [6.07, 6.45) is 0.835. The van der Waals surface area contributed by atoms with Gasteiger partial charge < -0.3 is 10.1 Å². The van der Waals surface area contributed by atoms with Crippen LogP contribution in [-0.4, -0.2) is 40.6 Å². The summed E-state index contributed by atoms with van der Waals surface area (Å²) < 4.78 is 31.1. The van der Waals surface area contributed by atoms with Crippen molar-refractivity contribution >= 4 is 15.9 Å². The first-order valence-corrected chi connectivity index (χ1v) is 8.28. The van der Waals surface area contributed by atoms with E-state index in [2.05, 4.69) is 10.0 Å². The summed E-state index contributed by atoms with van der Waals surface area (Å²) in [5, 5.41) is 2.83. The number of benzene rings is 1. The molecule has 0 bridgehead atoms. The minimum atomic E-state index is -3.56. The second-order valence-electron chi connectivity index (χ2n) is 4.70. The Hall–Kier alpha value is -1.44. The van der Waals surface area contributed by atoms with Crippen molar-refractivity contribution in [3.63, 3.8) is 0 Å². The van der Waals surface area contributed by atoms with E-state index in [4.69, 9.17) is 4.74 Å². The van der Waals surface area contributed by atoms with Crippen LogP contribution in [0.3, 0.4) is 0 Å². The Morgan fingerprint density at radius 1 is 1.29 bits per heavy atom. The zero-order valence-corrected chi connectivity index (χ0v) is 13.4. The Labute approximate surface area is 125 Å². The van der Waals surface area contributed by atoms with Gasteiger partial charge in [0, 0.05) is 25.3 Å². The molecule has 0 heterocycles. The molecule has 0 aliphatic rings. The number of hydrogen-bond donors (Lipinski definition) is 2. The van der Waals surface area contributed by atoms with E-state index in [0.717, 1.165) is 6.42 Å². The fourth-order valence-electron chi connectivity index (χ4n) is 1.56. The number of carbonyl (C=O) groups excluding carboxylic acids is 1. The van der Waals surface area contributed by atoms with Gasteiger partial charge >= 0.3 is 0 Å². The topological polar surface area (TPSA) is 84.5 Å². The maximum absolute atomic E-state index is 11.9. The van der Waals surface area contributed by atoms with E-state index in [1.165, 1.54) is 31.4 Å². The molecule has 1 unspecified atom stereocenters. The Bertz CT molecular complexity index is 555. The number of carbonyl (C=O) groups is 1. The van der Waals surface area contributed by atoms with Crippen molar-refractivity contribution in [2.75, 3.05) is 20.3 Å². The van der Waals surface area contributed by atoms with Gasteiger partial charge in [-0.05, 0) is 37.6 Å². The van der Waals surface area contributed by atoms with Crippen LogP contribution in [0.4, 0.5) is 0 Å². The first-order chi connectivity index (χ1) is 9.90. The number of nitrogens with one attached hydrogen (secondary N) is 2. The summed E-state index contributed by atoms with van der Waals surface area (Å²) in [6, 6.07) is 5.92. The molecule has 1 aromatic rings. The lowest BCUT2D eigenvalue weighted by atomic mass is 10.2. The molecule has 0 spiro atoms. The van der Waals surface area contributed by atoms with Crippen molar-refractivity contribution in [2.24, 2.45) is 0 Å². The fraction of sp³-hybridized carbons (Fsp3) is 0.500. The van der Waals surface area contributed by atoms with Crippen LogP contribution in [0.1, 0.15) is 30.6 Å². The van der Waals surface area contributed by atoms with E-state index >= 15 is 0 Å². The molecule has 0 saturated carbocycles. The SMILES string of the molecule is CCC(C)NC(=O)c1ccc(S(=O)(=O)NCCOC)cc1. The van der Waals surface area contributed by atoms with Crippen LogP contribution in [0.5, 0.6) is 0 Å². The summed E-state index contributed by atoms with van der Waals surface area (Å²) in [6.45, 7) is 4.40. The van der Waals surface area contributed by atoms with E-state index in [1.807, 2.05) is 13.8 Å². The quantitative estimate of drug-likeness (QED) is 0.705. The number of sulfonamides is 1. The zero-order chi connectivity index (χ0) is 15.9. The highest BCUT2D eigenvalue weighted by Gasteiger charge is 2.14. The number of ether oxygens (including phenoxy) is 1. The molecule has 2 N–H and O–H groups in total. The smallest absolute Gasteiger partial charge is 0.251 e. The normalized spacial score (nSPS) is 12.9. The van der Waals surface area contributed by atoms with Gasteiger partial charge in [0.05, 0.1) is 11.5 Å². The van der Waals surface area contributed by atoms with Crippen molar-refractivity contribution in [1.82, 2.24) is 10.0 Å². The molecular weight excluding hydrogens is 292 g/mol. The molecule has 1 rings (SSSR count). The van der Waals surface area contributed by atoms with Crippen LogP contribution in [0.2, 0.25) is 0 Å². The third-order valence-corrected chi connectivity index (χ3v) is 4.49. The number of amides is 1. The minimum absolute atomic E-state index is 0.0802. The minimum Gasteiger partial charge on any atom is -0.383 e. The maximum atomic E-state index is 11.9. The zero-order valence-electron chi connectivity index (χ0n) is 12.5. The van der Waals surface area contributed by atoms with Crippen molar-refractivity contribution < 1.29 is 17.9 Å². The predicted octanol–water partition coefficient (Wildman–Crippen LogP) is 1.14. The monoisotopic (exact) mass is 314 g/mol. The van der Waals surface area contributed by atoms with Crippen LogP contribution in [0, 0.1) is 0 Å². The van der Waals surface area contributed by atoms with Crippen molar-refractivity contribution in [2.45, 2.75) is 31.2 Å². The molecule has 1 atom stereocenters. The summed E-state index contributed by atoms with van der Waals surface area (Å²) in [4.78, 5) is 12.0. The predicted molar refractivity (Wildman–Crippen MR) is 80.7 cm³/mol. The fourth-order valence-corrected chi connectivity index (χ4v) is 2.57. The van der Waals surface area contributed by atoms with Crippen LogP contribution < -0.4 is 10.0 Å². The Morgan fingerprint density at radius 3 is 2.43 bits per heavy atom. The van der Waals surface area contributed by atoms with Gasteiger partial charge in [0.2, 0.25) is 10.0 Å². The van der Waals surface area contributed by atoms with Gasteiger partial charge in [-0.1, -0.05) is 6.92 Å². The average molecular weight is 314 g/mol. The molecule has 7 heteroatoms. The van der Waals surface area contributed by atoms with Gasteiger partial charge in [-0.15, -0.1) is 0 Å². The Morgan fingerprint density at radius 2 is 1.90 bits per heavy atom. The lowest BCUT2D eigenvalue weighted by Gasteiger charge is -2.11. The van der Waals surface area contributed by atoms with E-state index in [-0.39, 0.29) is 23.4 Å². The second kappa shape index (κ2) is 8.11. The third kappa shape index (κ3) is 5.45. The van der Waals surface area contributed by atoms with E-state index < -0.39 is 10.0 Å². The van der Waals surface area contributed by atoms with Gasteiger partial charge in [0.25, 0.3) is 5.91 Å². The molecule has 0 aliphatic heterocycles. The van der Waals surface area contributed by atoms with Crippen LogP contribution in [0.25, 0.3) is 0 Å². The molecule has 6 nitrogen and oxygen atoms in total. The largest absolute Gasteiger partial charge is 0.383 e. The molecular formula is C14H22N2O4S. The Kier molecular flexibility index (Phi) is 6.80. The lowest BCUT2D eigenvalue weighted by molar-refractivity contribution is 0.0939. The summed E-state index contributed by atoms with van der Waals surface area (Å²) in [5.74, 6) is -0.208. The summed E-state index contributed by atoms with van der Waals surface area (Å²) in [7, 11) is -2.07. The van der Waals surface area contributed by atoms with E-state index in [9.17, 15) is 13.2 Å². The number of rotatable bonds is 8. The van der Waals surface area contributed by atoms with Gasteiger partial charge in [0.15, 0.2) is 0 Å². The summed E-state index contributed by atoms with van der Waals surface area (Å²) in [5.41, 5.74) is 0.436. The average Bonchev–Trinajstić information content (AvgIpc) is 2.47. The Balaban J connectivity index is 2.75. The molecule has 0 saturated heterocycles. The van der Waals surface area contributed by atoms with Crippen molar-refractivity contribution in [3.8, 4) is 0 Å². The molecule has 0 aromatic heterocycles. The van der Waals surface area contributed by atoms with Gasteiger partial charge in [-0.3, -0.25) is 4.79 Å². The molecule has 118 valence electrons. The van der Waals surface area contributed by atoms with Gasteiger partial charge in [0.1, 0.15) is 0 Å². The second-order valence-corrected chi connectivity index (χ2v) is 6.46. The standard InChI is InChI=1S/C14H22N2O4S/c1-4-11(2)16-14(17)12-5-7-13(8-6-12)21(18,19)15-9-10-20-3/h5-8,11,15H,4,9-10H2,1-3H3,(H,16,17). The third-order valence-electron chi connectivity index (χ3n) is 3.01. The number of methoxy groups -OCH3 is 1. The van der Waals surface area contributed by atoms with E-state index in [1.54, 1.807) is 0 Å². The van der Waals surface area contributed by atoms with Crippen LogP contribution in [-0.2, 0) is 14.8 Å². The lowest BCUT2D eigenvalue weighted by Crippen LogP contribution is -2.32. The number of hydrogen-bond acceptors (Lipinski definition) is 4. The van der Waals surface area contributed by atoms with Crippen LogP contribution >= 0.6 is 0 Å². The molecule has 1 aromatic carbocycles. The summed E-state index contributed by atoms with van der Waals surface area (Å²) >= 11 is 0. The highest BCUT2D eigenvalue weighted by molar-refractivity contribution is 7.89. The molecule has 0 fully saturated rings. The first kappa shape index (κ1) is 17.6. The van der Waals surface area contributed by atoms with Crippen LogP contribution in [0.15, 0.2) is 29.2 Å². The highest BCUT2D eigenvalue weighted by Crippen LogP contribution is 2.10. The molecule has 0 radical (unpaired) electrons. The van der Waals surface area contributed by atoms with Crippen molar-refractivity contribution in [1.29, 1.82) is 0 Å². The van der Waals surface area contributed by atoms with Crippen molar-refractivity contribution in [3.05, 3.63) is 29.8 Å². The first-order valence-electron chi connectivity index (χ1n) is 6.80.